The van der Waals surface area contributed by atoms with Crippen molar-refractivity contribution >= 4 is 24.5 Å². The summed E-state index contributed by atoms with van der Waals surface area (Å²) >= 11 is 2.30. The number of halogens is 1. The summed E-state index contributed by atoms with van der Waals surface area (Å²) in [4.78, 5) is 7.64. The summed E-state index contributed by atoms with van der Waals surface area (Å²) in [6.45, 7) is 0. The lowest BCUT2D eigenvalue weighted by atomic mass is 15.8. The van der Waals surface area contributed by atoms with Crippen LogP contribution in [-0.4, -0.2) is 4.89 Å². The summed E-state index contributed by atoms with van der Waals surface area (Å²) in [5, 5.41) is 0. The SMILES string of the molecule is O=[PH](O)OBr. The Hall–Kier alpha value is 0.630. The molecule has 0 aromatic rings. The smallest absolute Gasteiger partial charge is 0.326 e. The highest BCUT2D eigenvalue weighted by Crippen LogP contribution is 2.17. The second-order valence-electron chi connectivity index (χ2n) is 0.343. The number of hydrogen-bond donors (Lipinski definition) is 1. The molecule has 0 aromatic carbocycles. The monoisotopic (exact) mass is 160 g/mol. The molecule has 1 atom stereocenters. The van der Waals surface area contributed by atoms with E-state index in [0.717, 1.165) is 0 Å². The second-order valence-corrected chi connectivity index (χ2v) is 2.00. The van der Waals surface area contributed by atoms with Gasteiger partial charge in [-0.05, 0) is 0 Å². The van der Waals surface area contributed by atoms with E-state index in [1.807, 2.05) is 0 Å². The van der Waals surface area contributed by atoms with Crippen molar-refractivity contribution in [2.75, 3.05) is 0 Å². The van der Waals surface area contributed by atoms with Crippen LogP contribution in [0.4, 0.5) is 0 Å². The van der Waals surface area contributed by atoms with E-state index in [1.54, 1.807) is 0 Å². The number of rotatable bonds is 1. The first kappa shape index (κ1) is 5.63. The highest BCUT2D eigenvalue weighted by molar-refractivity contribution is 9.06. The quantitative estimate of drug-likeness (QED) is 0.575. The van der Waals surface area contributed by atoms with Gasteiger partial charge >= 0.3 is 8.25 Å². The van der Waals surface area contributed by atoms with Crippen molar-refractivity contribution in [3.05, 3.63) is 0 Å². The second kappa shape index (κ2) is 2.85. The minimum absolute atomic E-state index is 2.30. The number of hydrogen-bond acceptors (Lipinski definition) is 2. The summed E-state index contributed by atoms with van der Waals surface area (Å²) < 4.78 is 12.9. The molecule has 32 valence electrons. The molecule has 0 aliphatic carbocycles. The molecule has 5 heteroatoms. The van der Waals surface area contributed by atoms with Crippen LogP contribution in [0, 0.1) is 0 Å². The third-order valence-electron chi connectivity index (χ3n) is 0.0660. The Kier molecular flexibility index (Phi) is 3.20. The zero-order valence-electron chi connectivity index (χ0n) is 2.14. The van der Waals surface area contributed by atoms with Gasteiger partial charge in [-0.2, -0.15) is 0 Å². The zero-order valence-corrected chi connectivity index (χ0v) is 4.73. The Morgan fingerprint density at radius 1 is 2.00 bits per heavy atom. The van der Waals surface area contributed by atoms with Gasteiger partial charge in [0.25, 0.3) is 0 Å². The molecule has 0 aliphatic heterocycles. The lowest BCUT2D eigenvalue weighted by Gasteiger charge is -1.74. The van der Waals surface area contributed by atoms with Crippen LogP contribution in [-0.2, 0) is 8.18 Å². The van der Waals surface area contributed by atoms with E-state index in [4.69, 9.17) is 4.89 Å². The van der Waals surface area contributed by atoms with Crippen LogP contribution in [0.25, 0.3) is 0 Å². The van der Waals surface area contributed by atoms with Crippen LogP contribution >= 0.6 is 24.5 Å². The van der Waals surface area contributed by atoms with Crippen molar-refractivity contribution in [1.29, 1.82) is 0 Å². The fourth-order valence-corrected chi connectivity index (χ4v) is 0. The Labute approximate surface area is 38.4 Å². The Morgan fingerprint density at radius 2 is 2.20 bits per heavy atom. The third kappa shape index (κ3) is 4.63. The van der Waals surface area contributed by atoms with E-state index in [-0.39, 0.29) is 0 Å². The summed E-state index contributed by atoms with van der Waals surface area (Å²) in [6.07, 6.45) is 0. The first-order chi connectivity index (χ1) is 2.27. The lowest BCUT2D eigenvalue weighted by molar-refractivity contribution is 0.439. The van der Waals surface area contributed by atoms with Gasteiger partial charge in [0, 0.05) is 0 Å². The van der Waals surface area contributed by atoms with Crippen LogP contribution in [0.5, 0.6) is 0 Å². The standard InChI is InChI=1S/BrH2O3P/c1-4-5(2)3/h5H,(H,2,3). The molecular formula is H2BrO3P. The van der Waals surface area contributed by atoms with Crippen LogP contribution in [0.15, 0.2) is 0 Å². The summed E-state index contributed by atoms with van der Waals surface area (Å²) in [6, 6.07) is 0. The van der Waals surface area contributed by atoms with Crippen molar-refractivity contribution in [2.24, 2.45) is 0 Å². The fourth-order valence-electron chi connectivity index (χ4n) is 0. The van der Waals surface area contributed by atoms with Gasteiger partial charge in [-0.15, -0.1) is 0 Å². The predicted octanol–water partition coefficient (Wildman–Crippen LogP) is 0.695. The van der Waals surface area contributed by atoms with Crippen molar-refractivity contribution in [1.82, 2.24) is 0 Å². The molecule has 0 heterocycles. The summed E-state index contributed by atoms with van der Waals surface area (Å²) in [7, 11) is -2.71. The predicted molar refractivity (Wildman–Crippen MR) is 21.2 cm³/mol. The van der Waals surface area contributed by atoms with Crippen molar-refractivity contribution in [2.45, 2.75) is 0 Å². The maximum absolute atomic E-state index is 9.28. The maximum Gasteiger partial charge on any atom is 0.327 e. The highest BCUT2D eigenvalue weighted by Gasteiger charge is 1.77. The molecule has 0 saturated carbocycles. The molecule has 5 heavy (non-hydrogen) atoms. The molecule has 0 rings (SSSR count). The van der Waals surface area contributed by atoms with Crippen molar-refractivity contribution in [3.8, 4) is 0 Å². The fraction of sp³-hybridized carbons (Fsp3) is 0. The van der Waals surface area contributed by atoms with Gasteiger partial charge in [0.05, 0.1) is 0 Å². The summed E-state index contributed by atoms with van der Waals surface area (Å²) in [5.41, 5.74) is 0. The Morgan fingerprint density at radius 3 is 2.20 bits per heavy atom. The van der Waals surface area contributed by atoms with Gasteiger partial charge in [-0.1, -0.05) is 0 Å². The molecule has 1 unspecified atom stereocenters. The third-order valence-corrected chi connectivity index (χ3v) is 1.03. The van der Waals surface area contributed by atoms with E-state index in [2.05, 4.69) is 19.9 Å². The van der Waals surface area contributed by atoms with Crippen LogP contribution < -0.4 is 0 Å². The first-order valence-electron chi connectivity index (χ1n) is 0.786. The first-order valence-corrected chi connectivity index (χ1v) is 2.70. The minimum atomic E-state index is -2.71. The molecule has 0 amide bonds. The van der Waals surface area contributed by atoms with Crippen molar-refractivity contribution in [3.63, 3.8) is 0 Å². The molecule has 1 N–H and O–H groups in total. The van der Waals surface area contributed by atoms with E-state index < -0.39 is 8.25 Å². The van der Waals surface area contributed by atoms with E-state index in [0.29, 0.717) is 0 Å². The van der Waals surface area contributed by atoms with Gasteiger partial charge in [-0.3, -0.25) is 4.57 Å². The molecule has 0 bridgehead atoms. The Bertz CT molecular complexity index is 42.2. The topological polar surface area (TPSA) is 46.5 Å². The highest BCUT2D eigenvalue weighted by atomic mass is 79.9. The van der Waals surface area contributed by atoms with Crippen molar-refractivity contribution < 1.29 is 13.1 Å². The molecular weight excluding hydrogens is 159 g/mol. The van der Waals surface area contributed by atoms with Gasteiger partial charge in [0.15, 0.2) is 0 Å². The Balaban J connectivity index is 2.85. The van der Waals surface area contributed by atoms with Crippen LogP contribution in [0.1, 0.15) is 0 Å². The summed E-state index contributed by atoms with van der Waals surface area (Å²) in [5.74, 6) is 0. The minimum Gasteiger partial charge on any atom is -0.326 e. The van der Waals surface area contributed by atoms with Gasteiger partial charge in [-0.25, -0.2) is 3.62 Å². The molecule has 0 spiro atoms. The molecule has 0 radical (unpaired) electrons. The molecule has 0 aliphatic rings. The van der Waals surface area contributed by atoms with Gasteiger partial charge in [0.1, 0.15) is 16.3 Å². The maximum atomic E-state index is 9.28. The van der Waals surface area contributed by atoms with E-state index in [1.165, 1.54) is 0 Å². The zero-order chi connectivity index (χ0) is 4.28. The largest absolute Gasteiger partial charge is 0.327 e. The normalized spacial score (nSPS) is 14.8. The molecule has 0 fully saturated rings. The van der Waals surface area contributed by atoms with E-state index >= 15 is 0 Å². The molecule has 0 aromatic heterocycles. The van der Waals surface area contributed by atoms with E-state index in [9.17, 15) is 4.57 Å². The van der Waals surface area contributed by atoms with Crippen LogP contribution in [0.2, 0.25) is 0 Å². The average molecular weight is 161 g/mol. The average Bonchev–Trinajstić information content (AvgIpc) is 1.38. The van der Waals surface area contributed by atoms with Gasteiger partial charge in [0.2, 0.25) is 0 Å². The molecule has 0 saturated heterocycles. The van der Waals surface area contributed by atoms with Crippen LogP contribution in [0.3, 0.4) is 0 Å². The molecule has 3 nitrogen and oxygen atoms in total. The lowest BCUT2D eigenvalue weighted by Crippen LogP contribution is -1.44. The van der Waals surface area contributed by atoms with Gasteiger partial charge < -0.3 is 4.89 Å².